The standard InChI is InChI=1S/C17H31N5S2/c1-3-4-5-9-14-24-17-20-15(19-16(21-17)23-2)18-10-13-22-11-7-6-8-12-22/h3-14H2,1-2H3,(H,18,19,20,21). The Morgan fingerprint density at radius 1 is 1.00 bits per heavy atom. The van der Waals surface area contributed by atoms with E-state index in [9.17, 15) is 0 Å². The van der Waals surface area contributed by atoms with E-state index in [0.717, 1.165) is 35.1 Å². The van der Waals surface area contributed by atoms with Crippen LogP contribution in [0.5, 0.6) is 0 Å². The molecule has 5 nitrogen and oxygen atoms in total. The molecule has 1 fully saturated rings. The van der Waals surface area contributed by atoms with Gasteiger partial charge in [-0.2, -0.15) is 15.0 Å². The second-order valence-corrected chi connectivity index (χ2v) is 8.00. The first-order valence-corrected chi connectivity index (χ1v) is 11.4. The average Bonchev–Trinajstić information content (AvgIpc) is 2.62. The van der Waals surface area contributed by atoms with Crippen LogP contribution in [0.25, 0.3) is 0 Å². The molecule has 1 aliphatic rings. The molecular formula is C17H31N5S2. The van der Waals surface area contributed by atoms with Gasteiger partial charge in [0, 0.05) is 18.8 Å². The van der Waals surface area contributed by atoms with E-state index in [1.54, 1.807) is 23.5 Å². The second kappa shape index (κ2) is 11.9. The summed E-state index contributed by atoms with van der Waals surface area (Å²) in [6.07, 6.45) is 11.2. The van der Waals surface area contributed by atoms with Crippen LogP contribution in [0, 0.1) is 0 Å². The number of likely N-dealkylation sites (tertiary alicyclic amines) is 1. The van der Waals surface area contributed by atoms with Crippen molar-refractivity contribution >= 4 is 29.5 Å². The molecule has 0 spiro atoms. The Labute approximate surface area is 155 Å². The topological polar surface area (TPSA) is 53.9 Å². The summed E-state index contributed by atoms with van der Waals surface area (Å²) in [5.41, 5.74) is 0. The summed E-state index contributed by atoms with van der Waals surface area (Å²) in [6, 6.07) is 0. The van der Waals surface area contributed by atoms with Gasteiger partial charge in [-0.25, -0.2) is 0 Å². The Kier molecular flexibility index (Phi) is 9.83. The van der Waals surface area contributed by atoms with Crippen LogP contribution in [-0.4, -0.2) is 58.0 Å². The summed E-state index contributed by atoms with van der Waals surface area (Å²) in [5, 5.41) is 5.05. The van der Waals surface area contributed by atoms with Crippen molar-refractivity contribution in [3.05, 3.63) is 0 Å². The quantitative estimate of drug-likeness (QED) is 0.464. The molecule has 0 amide bonds. The third-order valence-corrected chi connectivity index (χ3v) is 5.65. The Bertz CT molecular complexity index is 466. The summed E-state index contributed by atoms with van der Waals surface area (Å²) >= 11 is 3.33. The molecule has 0 radical (unpaired) electrons. The molecule has 0 unspecified atom stereocenters. The largest absolute Gasteiger partial charge is 0.353 e. The minimum absolute atomic E-state index is 0.724. The fraction of sp³-hybridized carbons (Fsp3) is 0.824. The highest BCUT2D eigenvalue weighted by molar-refractivity contribution is 7.99. The summed E-state index contributed by atoms with van der Waals surface area (Å²) in [7, 11) is 0. The van der Waals surface area contributed by atoms with Gasteiger partial charge in [-0.15, -0.1) is 0 Å². The molecule has 1 aromatic rings. The van der Waals surface area contributed by atoms with E-state index >= 15 is 0 Å². The Hall–Kier alpha value is -0.530. The highest BCUT2D eigenvalue weighted by atomic mass is 32.2. The lowest BCUT2D eigenvalue weighted by Crippen LogP contribution is -2.33. The molecule has 136 valence electrons. The number of thioether (sulfide) groups is 2. The van der Waals surface area contributed by atoms with Crippen LogP contribution >= 0.6 is 23.5 Å². The number of rotatable bonds is 11. The Morgan fingerprint density at radius 3 is 2.54 bits per heavy atom. The van der Waals surface area contributed by atoms with Crippen molar-refractivity contribution in [3.8, 4) is 0 Å². The zero-order valence-corrected chi connectivity index (χ0v) is 16.7. The molecular weight excluding hydrogens is 338 g/mol. The molecule has 2 heterocycles. The molecule has 1 saturated heterocycles. The minimum Gasteiger partial charge on any atom is -0.353 e. The van der Waals surface area contributed by atoms with Crippen LogP contribution in [-0.2, 0) is 0 Å². The van der Waals surface area contributed by atoms with Gasteiger partial charge in [-0.1, -0.05) is 56.1 Å². The van der Waals surface area contributed by atoms with E-state index in [-0.39, 0.29) is 0 Å². The number of nitrogens with zero attached hydrogens (tertiary/aromatic N) is 4. The number of anilines is 1. The van der Waals surface area contributed by atoms with Crippen LogP contribution in [0.15, 0.2) is 10.3 Å². The number of hydrogen-bond acceptors (Lipinski definition) is 7. The zero-order valence-electron chi connectivity index (χ0n) is 15.1. The van der Waals surface area contributed by atoms with Gasteiger partial charge in [0.25, 0.3) is 0 Å². The lowest BCUT2D eigenvalue weighted by molar-refractivity contribution is 0.237. The smallest absolute Gasteiger partial charge is 0.227 e. The highest BCUT2D eigenvalue weighted by Crippen LogP contribution is 2.20. The maximum atomic E-state index is 4.58. The number of unbranched alkanes of at least 4 members (excludes halogenated alkanes) is 3. The molecule has 0 aromatic carbocycles. The highest BCUT2D eigenvalue weighted by Gasteiger charge is 2.10. The minimum atomic E-state index is 0.724. The van der Waals surface area contributed by atoms with Crippen LogP contribution in [0.4, 0.5) is 5.95 Å². The van der Waals surface area contributed by atoms with Crippen molar-refractivity contribution < 1.29 is 0 Å². The third-order valence-electron chi connectivity index (χ3n) is 4.17. The molecule has 0 atom stereocenters. The fourth-order valence-corrected chi connectivity index (χ4v) is 4.02. The molecule has 0 saturated carbocycles. The molecule has 24 heavy (non-hydrogen) atoms. The molecule has 0 aliphatic carbocycles. The Morgan fingerprint density at radius 2 is 1.79 bits per heavy atom. The van der Waals surface area contributed by atoms with Gasteiger partial charge < -0.3 is 10.2 Å². The first kappa shape index (κ1) is 19.8. The first-order valence-electron chi connectivity index (χ1n) is 9.21. The summed E-state index contributed by atoms with van der Waals surface area (Å²) in [4.78, 5) is 16.1. The van der Waals surface area contributed by atoms with E-state index < -0.39 is 0 Å². The van der Waals surface area contributed by atoms with Crippen LogP contribution in [0.2, 0.25) is 0 Å². The monoisotopic (exact) mass is 369 g/mol. The van der Waals surface area contributed by atoms with E-state index in [0.29, 0.717) is 0 Å². The van der Waals surface area contributed by atoms with Gasteiger partial charge in [-0.3, -0.25) is 0 Å². The number of aromatic nitrogens is 3. The van der Waals surface area contributed by atoms with Crippen molar-refractivity contribution in [1.82, 2.24) is 19.9 Å². The third kappa shape index (κ3) is 7.57. The van der Waals surface area contributed by atoms with Crippen molar-refractivity contribution in [2.45, 2.75) is 62.2 Å². The first-order chi connectivity index (χ1) is 11.8. The predicted molar refractivity (Wildman–Crippen MR) is 105 cm³/mol. The number of piperidine rings is 1. The van der Waals surface area contributed by atoms with Crippen molar-refractivity contribution in [3.63, 3.8) is 0 Å². The van der Waals surface area contributed by atoms with Gasteiger partial charge >= 0.3 is 0 Å². The molecule has 7 heteroatoms. The van der Waals surface area contributed by atoms with Crippen molar-refractivity contribution in [2.24, 2.45) is 0 Å². The molecule has 1 aliphatic heterocycles. The number of nitrogens with one attached hydrogen (secondary N) is 1. The van der Waals surface area contributed by atoms with E-state index in [1.165, 1.54) is 58.0 Å². The van der Waals surface area contributed by atoms with Crippen LogP contribution in [0.3, 0.4) is 0 Å². The molecule has 1 N–H and O–H groups in total. The maximum Gasteiger partial charge on any atom is 0.227 e. The lowest BCUT2D eigenvalue weighted by Gasteiger charge is -2.26. The molecule has 1 aromatic heterocycles. The van der Waals surface area contributed by atoms with Gasteiger partial charge in [0.05, 0.1) is 0 Å². The van der Waals surface area contributed by atoms with Crippen molar-refractivity contribution in [2.75, 3.05) is 43.5 Å². The average molecular weight is 370 g/mol. The zero-order chi connectivity index (χ0) is 17.0. The van der Waals surface area contributed by atoms with Gasteiger partial charge in [0.2, 0.25) is 5.95 Å². The number of hydrogen-bond donors (Lipinski definition) is 1. The fourth-order valence-electron chi connectivity index (χ4n) is 2.77. The maximum absolute atomic E-state index is 4.58. The predicted octanol–water partition coefficient (Wildman–Crippen LogP) is 4.16. The second-order valence-electron chi connectivity index (χ2n) is 6.17. The SMILES string of the molecule is CCCCCCSc1nc(NCCN2CCCCC2)nc(SC)n1. The molecule has 2 rings (SSSR count). The lowest BCUT2D eigenvalue weighted by atomic mass is 10.1. The van der Waals surface area contributed by atoms with Crippen LogP contribution in [0.1, 0.15) is 51.9 Å². The van der Waals surface area contributed by atoms with Gasteiger partial charge in [0.15, 0.2) is 10.3 Å². The summed E-state index contributed by atoms with van der Waals surface area (Å²) < 4.78 is 0. The summed E-state index contributed by atoms with van der Waals surface area (Å²) in [5.74, 6) is 1.81. The molecule has 0 bridgehead atoms. The van der Waals surface area contributed by atoms with E-state index in [4.69, 9.17) is 0 Å². The van der Waals surface area contributed by atoms with Crippen molar-refractivity contribution in [1.29, 1.82) is 0 Å². The van der Waals surface area contributed by atoms with E-state index in [1.807, 2.05) is 6.26 Å². The van der Waals surface area contributed by atoms with E-state index in [2.05, 4.69) is 32.1 Å². The van der Waals surface area contributed by atoms with Gasteiger partial charge in [-0.05, 0) is 38.6 Å². The Balaban J connectivity index is 1.78. The normalized spacial score (nSPS) is 15.6. The summed E-state index contributed by atoms with van der Waals surface area (Å²) in [6.45, 7) is 6.67. The van der Waals surface area contributed by atoms with Gasteiger partial charge in [0.1, 0.15) is 0 Å². The van der Waals surface area contributed by atoms with Crippen LogP contribution < -0.4 is 5.32 Å².